The van der Waals surface area contributed by atoms with E-state index in [-0.39, 0.29) is 23.7 Å². The number of piperidine rings is 1. The van der Waals surface area contributed by atoms with E-state index in [1.54, 1.807) is 15.5 Å². The van der Waals surface area contributed by atoms with Crippen molar-refractivity contribution in [2.24, 2.45) is 5.73 Å². The van der Waals surface area contributed by atoms with Crippen molar-refractivity contribution < 1.29 is 9.18 Å². The number of nitrogens with two attached hydrogens (primary N) is 1. The van der Waals surface area contributed by atoms with Crippen LogP contribution in [0.1, 0.15) is 53.5 Å². The van der Waals surface area contributed by atoms with Crippen LogP contribution in [-0.4, -0.2) is 56.1 Å². The molecular weight excluding hydrogens is 397 g/mol. The van der Waals surface area contributed by atoms with Gasteiger partial charge in [-0.2, -0.15) is 9.49 Å². The summed E-state index contributed by atoms with van der Waals surface area (Å²) in [5.74, 6) is 0.0190. The summed E-state index contributed by atoms with van der Waals surface area (Å²) in [6.45, 7) is 4.33. The standard InChI is InChI=1S/C22H26FN7O/c1-14-12-30-20(26-21(14)28-10-8-15(24)13-28)11-17(27-30)18-6-2-3-9-29(18)22(31)16-5-4-7-19(23)25-16/h4-5,7,11-12,15,18H,2-3,6,8-10,13,24H2,1H3/t15-,18-/m0/s1. The summed E-state index contributed by atoms with van der Waals surface area (Å²) in [4.78, 5) is 25.7. The quantitative estimate of drug-likeness (QED) is 0.651. The van der Waals surface area contributed by atoms with Crippen LogP contribution in [0.2, 0.25) is 0 Å². The first-order chi connectivity index (χ1) is 15.0. The fourth-order valence-corrected chi connectivity index (χ4v) is 4.64. The minimum atomic E-state index is -0.652. The maximum atomic E-state index is 13.6. The first kappa shape index (κ1) is 19.9. The number of hydrogen-bond donors (Lipinski definition) is 1. The van der Waals surface area contributed by atoms with Crippen molar-refractivity contribution in [1.29, 1.82) is 0 Å². The Hall–Kier alpha value is -3.07. The van der Waals surface area contributed by atoms with Gasteiger partial charge in [0.2, 0.25) is 5.95 Å². The third-order valence-electron chi connectivity index (χ3n) is 6.19. The van der Waals surface area contributed by atoms with Gasteiger partial charge in [-0.15, -0.1) is 0 Å². The molecule has 8 nitrogen and oxygen atoms in total. The van der Waals surface area contributed by atoms with E-state index in [0.29, 0.717) is 6.54 Å². The molecule has 31 heavy (non-hydrogen) atoms. The summed E-state index contributed by atoms with van der Waals surface area (Å²) in [6, 6.07) is 6.25. The molecule has 0 saturated carbocycles. The summed E-state index contributed by atoms with van der Waals surface area (Å²) in [5, 5.41) is 4.75. The fourth-order valence-electron chi connectivity index (χ4n) is 4.64. The Labute approximate surface area is 179 Å². The molecule has 0 radical (unpaired) electrons. The number of anilines is 1. The molecule has 0 aliphatic carbocycles. The lowest BCUT2D eigenvalue weighted by Crippen LogP contribution is -2.39. The lowest BCUT2D eigenvalue weighted by atomic mass is 9.99. The molecule has 5 heterocycles. The predicted molar refractivity (Wildman–Crippen MR) is 114 cm³/mol. The number of aryl methyl sites for hydroxylation is 1. The molecule has 2 aliphatic heterocycles. The van der Waals surface area contributed by atoms with Crippen LogP contribution in [0, 0.1) is 12.9 Å². The molecule has 162 valence electrons. The van der Waals surface area contributed by atoms with Gasteiger partial charge in [-0.1, -0.05) is 6.07 Å². The van der Waals surface area contributed by atoms with Crippen molar-refractivity contribution in [2.45, 2.75) is 44.7 Å². The summed E-state index contributed by atoms with van der Waals surface area (Å²) in [7, 11) is 0. The molecule has 5 rings (SSSR count). The van der Waals surface area contributed by atoms with Crippen LogP contribution in [0.15, 0.2) is 30.5 Å². The average molecular weight is 423 g/mol. The fraction of sp³-hybridized carbons (Fsp3) is 0.455. The van der Waals surface area contributed by atoms with E-state index in [1.165, 1.54) is 12.1 Å². The van der Waals surface area contributed by atoms with Crippen LogP contribution in [0.3, 0.4) is 0 Å². The van der Waals surface area contributed by atoms with E-state index in [2.05, 4.69) is 9.88 Å². The lowest BCUT2D eigenvalue weighted by Gasteiger charge is -2.34. The Morgan fingerprint density at radius 2 is 2.06 bits per heavy atom. The third-order valence-corrected chi connectivity index (χ3v) is 6.19. The first-order valence-electron chi connectivity index (χ1n) is 10.8. The van der Waals surface area contributed by atoms with Gasteiger partial charge in [-0.25, -0.2) is 14.5 Å². The highest BCUT2D eigenvalue weighted by Gasteiger charge is 2.32. The van der Waals surface area contributed by atoms with Crippen molar-refractivity contribution in [2.75, 3.05) is 24.5 Å². The monoisotopic (exact) mass is 423 g/mol. The van der Waals surface area contributed by atoms with Gasteiger partial charge in [-0.3, -0.25) is 4.79 Å². The van der Waals surface area contributed by atoms with Gasteiger partial charge in [0.1, 0.15) is 11.5 Å². The number of aromatic nitrogens is 4. The molecule has 0 spiro atoms. The number of likely N-dealkylation sites (tertiary alicyclic amines) is 1. The summed E-state index contributed by atoms with van der Waals surface area (Å²) < 4.78 is 15.3. The number of hydrogen-bond acceptors (Lipinski definition) is 6. The van der Waals surface area contributed by atoms with Crippen molar-refractivity contribution in [3.8, 4) is 0 Å². The molecule has 3 aromatic rings. The minimum Gasteiger partial charge on any atom is -0.355 e. The SMILES string of the molecule is Cc1cn2nc([C@@H]3CCCCN3C(=O)c3cccc(F)n3)cc2nc1N1CC[C@H](N)C1. The second-order valence-electron chi connectivity index (χ2n) is 8.47. The zero-order valence-corrected chi connectivity index (χ0v) is 17.5. The Bertz CT molecular complexity index is 1130. The minimum absolute atomic E-state index is 0.122. The van der Waals surface area contributed by atoms with Crippen LogP contribution in [0.4, 0.5) is 10.2 Å². The average Bonchev–Trinajstić information content (AvgIpc) is 3.38. The number of amides is 1. The van der Waals surface area contributed by atoms with E-state index >= 15 is 0 Å². The highest BCUT2D eigenvalue weighted by molar-refractivity contribution is 5.92. The highest BCUT2D eigenvalue weighted by atomic mass is 19.1. The number of carbonyl (C=O) groups is 1. The van der Waals surface area contributed by atoms with E-state index in [9.17, 15) is 9.18 Å². The molecule has 9 heteroatoms. The van der Waals surface area contributed by atoms with Crippen molar-refractivity contribution in [3.63, 3.8) is 0 Å². The van der Waals surface area contributed by atoms with Gasteiger partial charge in [-0.05, 0) is 44.7 Å². The Kier molecular flexibility index (Phi) is 5.05. The van der Waals surface area contributed by atoms with Gasteiger partial charge >= 0.3 is 0 Å². The van der Waals surface area contributed by atoms with E-state index in [4.69, 9.17) is 15.8 Å². The van der Waals surface area contributed by atoms with E-state index in [1.807, 2.05) is 19.2 Å². The van der Waals surface area contributed by atoms with Gasteiger partial charge in [0.15, 0.2) is 5.65 Å². The molecule has 2 saturated heterocycles. The number of rotatable bonds is 3. The van der Waals surface area contributed by atoms with Gasteiger partial charge in [0.25, 0.3) is 5.91 Å². The van der Waals surface area contributed by atoms with Gasteiger partial charge in [0, 0.05) is 43.5 Å². The van der Waals surface area contributed by atoms with Crippen LogP contribution >= 0.6 is 0 Å². The largest absolute Gasteiger partial charge is 0.355 e. The van der Waals surface area contributed by atoms with Crippen molar-refractivity contribution in [1.82, 2.24) is 24.5 Å². The molecule has 1 amide bonds. The molecule has 0 bridgehead atoms. The maximum absolute atomic E-state index is 13.6. The van der Waals surface area contributed by atoms with E-state index < -0.39 is 5.95 Å². The summed E-state index contributed by atoms with van der Waals surface area (Å²) in [5.41, 5.74) is 8.78. The molecule has 0 aromatic carbocycles. The zero-order valence-electron chi connectivity index (χ0n) is 17.5. The summed E-state index contributed by atoms with van der Waals surface area (Å²) >= 11 is 0. The number of pyridine rings is 1. The van der Waals surface area contributed by atoms with Crippen molar-refractivity contribution in [3.05, 3.63) is 53.4 Å². The Balaban J connectivity index is 1.47. The molecule has 2 aliphatic rings. The molecule has 2 N–H and O–H groups in total. The van der Waals surface area contributed by atoms with Crippen LogP contribution in [0.5, 0.6) is 0 Å². The molecular formula is C22H26FN7O. The topological polar surface area (TPSA) is 92.6 Å². The third kappa shape index (κ3) is 3.74. The number of carbonyl (C=O) groups excluding carboxylic acids is 1. The molecule has 0 unspecified atom stereocenters. The van der Waals surface area contributed by atoms with Gasteiger partial charge < -0.3 is 15.5 Å². The first-order valence-corrected chi connectivity index (χ1v) is 10.8. The van der Waals surface area contributed by atoms with E-state index in [0.717, 1.165) is 61.5 Å². The predicted octanol–water partition coefficient (Wildman–Crippen LogP) is 2.48. The van der Waals surface area contributed by atoms with Crippen LogP contribution in [0.25, 0.3) is 5.65 Å². The normalized spacial score (nSPS) is 21.8. The molecule has 2 fully saturated rings. The Morgan fingerprint density at radius 3 is 2.84 bits per heavy atom. The molecule has 2 atom stereocenters. The zero-order chi connectivity index (χ0) is 21.5. The van der Waals surface area contributed by atoms with Gasteiger partial charge in [0.05, 0.1) is 11.7 Å². The second kappa shape index (κ2) is 7.88. The number of fused-ring (bicyclic) bond motifs is 1. The van der Waals surface area contributed by atoms with Crippen LogP contribution in [-0.2, 0) is 0 Å². The lowest BCUT2D eigenvalue weighted by molar-refractivity contribution is 0.0598. The Morgan fingerprint density at radius 1 is 1.19 bits per heavy atom. The second-order valence-corrected chi connectivity index (χ2v) is 8.47. The summed E-state index contributed by atoms with van der Waals surface area (Å²) in [6.07, 6.45) is 5.65. The number of halogens is 1. The van der Waals surface area contributed by atoms with Crippen LogP contribution < -0.4 is 10.6 Å². The van der Waals surface area contributed by atoms with Crippen molar-refractivity contribution >= 4 is 17.4 Å². The smallest absolute Gasteiger partial charge is 0.273 e. The highest BCUT2D eigenvalue weighted by Crippen LogP contribution is 2.32. The number of nitrogens with zero attached hydrogens (tertiary/aromatic N) is 6. The maximum Gasteiger partial charge on any atom is 0.273 e. The molecule has 3 aromatic heterocycles.